The summed E-state index contributed by atoms with van der Waals surface area (Å²) in [6, 6.07) is 15.1. The summed E-state index contributed by atoms with van der Waals surface area (Å²) in [5.41, 5.74) is 1.40. The van der Waals surface area contributed by atoms with Gasteiger partial charge in [-0.2, -0.15) is 4.98 Å². The third-order valence-electron chi connectivity index (χ3n) is 2.79. The Morgan fingerprint density at radius 2 is 1.78 bits per heavy atom. The molecule has 0 saturated carbocycles. The highest BCUT2D eigenvalue weighted by molar-refractivity contribution is 6.35. The standard InChI is InChI=1S/C14H9ClN2O/c15-11-7-4-8-12-13(11)14(18)16-9-17(12)10-5-2-1-3-6-10/h1-9H. The van der Waals surface area contributed by atoms with Crippen molar-refractivity contribution in [1.82, 2.24) is 9.55 Å². The van der Waals surface area contributed by atoms with Crippen LogP contribution in [0, 0.1) is 0 Å². The summed E-state index contributed by atoms with van der Waals surface area (Å²) in [4.78, 5) is 15.6. The smallest absolute Gasteiger partial charge is 0.282 e. The van der Waals surface area contributed by atoms with Crippen LogP contribution in [0.2, 0.25) is 5.02 Å². The topological polar surface area (TPSA) is 34.9 Å². The Labute approximate surface area is 108 Å². The fourth-order valence-electron chi connectivity index (χ4n) is 1.96. The summed E-state index contributed by atoms with van der Waals surface area (Å²) in [7, 11) is 0. The van der Waals surface area contributed by atoms with E-state index < -0.39 is 0 Å². The van der Waals surface area contributed by atoms with E-state index in [1.807, 2.05) is 47.0 Å². The van der Waals surface area contributed by atoms with Gasteiger partial charge < -0.3 is 4.57 Å². The predicted molar refractivity (Wildman–Crippen MR) is 72.4 cm³/mol. The van der Waals surface area contributed by atoms with Gasteiger partial charge in [0.1, 0.15) is 6.33 Å². The van der Waals surface area contributed by atoms with E-state index in [4.69, 9.17) is 11.6 Å². The van der Waals surface area contributed by atoms with E-state index in [9.17, 15) is 4.79 Å². The molecule has 2 aromatic carbocycles. The molecule has 0 atom stereocenters. The van der Waals surface area contributed by atoms with Crippen molar-refractivity contribution < 1.29 is 0 Å². The minimum absolute atomic E-state index is 0.303. The Kier molecular flexibility index (Phi) is 2.61. The molecule has 0 bridgehead atoms. The van der Waals surface area contributed by atoms with Gasteiger partial charge in [-0.1, -0.05) is 35.9 Å². The van der Waals surface area contributed by atoms with Crippen LogP contribution < -0.4 is 5.56 Å². The lowest BCUT2D eigenvalue weighted by Gasteiger charge is -2.10. The summed E-state index contributed by atoms with van der Waals surface area (Å²) in [5.74, 6) is 0. The van der Waals surface area contributed by atoms with Crippen molar-refractivity contribution in [3.05, 3.63) is 70.2 Å². The van der Waals surface area contributed by atoms with Gasteiger partial charge in [0.15, 0.2) is 0 Å². The molecule has 3 rings (SSSR count). The molecule has 0 fully saturated rings. The quantitative estimate of drug-likeness (QED) is 0.671. The third-order valence-corrected chi connectivity index (χ3v) is 3.10. The number of benzene rings is 2. The minimum Gasteiger partial charge on any atom is -0.300 e. The number of rotatable bonds is 1. The number of hydrogen-bond acceptors (Lipinski definition) is 2. The van der Waals surface area contributed by atoms with Crippen LogP contribution in [0.5, 0.6) is 0 Å². The molecule has 0 aliphatic rings. The van der Waals surface area contributed by atoms with Crippen LogP contribution in [-0.4, -0.2) is 9.55 Å². The molecular formula is C14H9ClN2O. The molecule has 0 radical (unpaired) electrons. The molecule has 1 aromatic heterocycles. The van der Waals surface area contributed by atoms with Crippen LogP contribution in [0.15, 0.2) is 59.7 Å². The van der Waals surface area contributed by atoms with Crippen LogP contribution in [0.3, 0.4) is 0 Å². The Morgan fingerprint density at radius 3 is 2.56 bits per heavy atom. The third kappa shape index (κ3) is 1.69. The van der Waals surface area contributed by atoms with Gasteiger partial charge in [-0.05, 0) is 24.3 Å². The highest BCUT2D eigenvalue weighted by Crippen LogP contribution is 2.21. The molecule has 0 unspecified atom stereocenters. The van der Waals surface area contributed by atoms with Gasteiger partial charge in [-0.3, -0.25) is 4.79 Å². The van der Waals surface area contributed by atoms with Gasteiger partial charge in [-0.25, -0.2) is 0 Å². The van der Waals surface area contributed by atoms with Gasteiger partial charge in [0, 0.05) is 5.69 Å². The van der Waals surface area contributed by atoms with Crippen molar-refractivity contribution in [3.63, 3.8) is 0 Å². The van der Waals surface area contributed by atoms with Gasteiger partial charge in [-0.15, -0.1) is 0 Å². The van der Waals surface area contributed by atoms with E-state index in [2.05, 4.69) is 4.98 Å². The highest BCUT2D eigenvalue weighted by Gasteiger charge is 2.08. The van der Waals surface area contributed by atoms with Gasteiger partial charge in [0.2, 0.25) is 0 Å². The number of fused-ring (bicyclic) bond motifs is 1. The van der Waals surface area contributed by atoms with Crippen molar-refractivity contribution in [2.75, 3.05) is 0 Å². The first-order valence-electron chi connectivity index (χ1n) is 5.49. The Morgan fingerprint density at radius 1 is 1.00 bits per heavy atom. The van der Waals surface area contributed by atoms with Crippen molar-refractivity contribution in [2.45, 2.75) is 0 Å². The first-order valence-corrected chi connectivity index (χ1v) is 5.86. The lowest BCUT2D eigenvalue weighted by atomic mass is 10.2. The molecule has 4 heteroatoms. The molecule has 18 heavy (non-hydrogen) atoms. The average Bonchev–Trinajstić information content (AvgIpc) is 2.40. The van der Waals surface area contributed by atoms with E-state index >= 15 is 0 Å². The Bertz CT molecular complexity index is 766. The molecule has 0 spiro atoms. The summed E-state index contributed by atoms with van der Waals surface area (Å²) >= 11 is 6.07. The van der Waals surface area contributed by atoms with Crippen LogP contribution in [0.25, 0.3) is 16.6 Å². The van der Waals surface area contributed by atoms with Crippen LogP contribution >= 0.6 is 11.6 Å². The molecule has 0 aliphatic carbocycles. The number of nitrogens with zero attached hydrogens (tertiary/aromatic N) is 2. The van der Waals surface area contributed by atoms with Gasteiger partial charge in [0.25, 0.3) is 5.56 Å². The predicted octanol–water partition coefficient (Wildman–Crippen LogP) is 3.04. The van der Waals surface area contributed by atoms with E-state index in [-0.39, 0.29) is 5.56 Å². The second kappa shape index (κ2) is 4.27. The van der Waals surface area contributed by atoms with Gasteiger partial charge >= 0.3 is 0 Å². The molecule has 3 nitrogen and oxygen atoms in total. The average molecular weight is 257 g/mol. The van der Waals surface area contributed by atoms with E-state index in [1.54, 1.807) is 6.07 Å². The van der Waals surface area contributed by atoms with Crippen molar-refractivity contribution in [2.24, 2.45) is 0 Å². The van der Waals surface area contributed by atoms with E-state index in [0.29, 0.717) is 10.4 Å². The summed E-state index contributed by atoms with van der Waals surface area (Å²) in [6.45, 7) is 0. The van der Waals surface area contributed by atoms with Crippen molar-refractivity contribution in [3.8, 4) is 5.69 Å². The van der Waals surface area contributed by atoms with E-state index in [1.165, 1.54) is 6.33 Å². The van der Waals surface area contributed by atoms with Crippen molar-refractivity contribution in [1.29, 1.82) is 0 Å². The molecule has 0 amide bonds. The molecule has 3 aromatic rings. The van der Waals surface area contributed by atoms with E-state index in [0.717, 1.165) is 11.2 Å². The second-order valence-corrected chi connectivity index (χ2v) is 4.30. The van der Waals surface area contributed by atoms with Crippen molar-refractivity contribution >= 4 is 22.5 Å². The molecule has 0 aliphatic heterocycles. The fourth-order valence-corrected chi connectivity index (χ4v) is 2.21. The molecule has 0 N–H and O–H groups in total. The largest absolute Gasteiger partial charge is 0.300 e. The maximum atomic E-state index is 11.8. The number of para-hydroxylation sites is 1. The van der Waals surface area contributed by atoms with Crippen LogP contribution in [0.4, 0.5) is 0 Å². The molecule has 88 valence electrons. The minimum atomic E-state index is -0.303. The fraction of sp³-hybridized carbons (Fsp3) is 0. The molecular weight excluding hydrogens is 248 g/mol. The Balaban J connectivity index is 2.43. The lowest BCUT2D eigenvalue weighted by Crippen LogP contribution is -2.11. The van der Waals surface area contributed by atoms with Crippen LogP contribution in [0.1, 0.15) is 0 Å². The normalized spacial score (nSPS) is 10.7. The number of aromatic nitrogens is 2. The molecule has 0 saturated heterocycles. The summed E-state index contributed by atoms with van der Waals surface area (Å²) in [5, 5.41) is 0.876. The molecule has 1 heterocycles. The Hall–Kier alpha value is -2.13. The van der Waals surface area contributed by atoms with Gasteiger partial charge in [0.05, 0.1) is 15.9 Å². The summed E-state index contributed by atoms with van der Waals surface area (Å²) in [6.07, 6.45) is 1.52. The first-order chi connectivity index (χ1) is 8.77. The number of halogens is 1. The summed E-state index contributed by atoms with van der Waals surface area (Å²) < 4.78 is 1.85. The first kappa shape index (κ1) is 11.0. The maximum absolute atomic E-state index is 11.8. The van der Waals surface area contributed by atoms with Crippen LogP contribution in [-0.2, 0) is 0 Å². The zero-order chi connectivity index (χ0) is 12.5. The maximum Gasteiger partial charge on any atom is 0.282 e. The monoisotopic (exact) mass is 256 g/mol. The zero-order valence-electron chi connectivity index (χ0n) is 9.38. The number of hydrogen-bond donors (Lipinski definition) is 0. The SMILES string of the molecule is O=c1ncn(-c2ccccc2)c2cccc(Cl)c12. The zero-order valence-corrected chi connectivity index (χ0v) is 10.1. The lowest BCUT2D eigenvalue weighted by molar-refractivity contribution is 1.02. The highest BCUT2D eigenvalue weighted by atomic mass is 35.5. The second-order valence-electron chi connectivity index (χ2n) is 3.89.